The van der Waals surface area contributed by atoms with Gasteiger partial charge in [0.05, 0.1) is 79.2 Å². The molecule has 0 aliphatic carbocycles. The Morgan fingerprint density at radius 3 is 1.53 bits per heavy atom. The van der Waals surface area contributed by atoms with Gasteiger partial charge in [0.15, 0.2) is 23.0 Å². The van der Waals surface area contributed by atoms with Crippen LogP contribution in [0.15, 0.2) is 24.3 Å². The van der Waals surface area contributed by atoms with Gasteiger partial charge < -0.3 is 39.1 Å². The zero-order chi connectivity index (χ0) is 36.8. The molecule has 0 aromatic heterocycles. The number of aliphatic carboxylic acids is 1. The lowest BCUT2D eigenvalue weighted by atomic mass is 10.1. The van der Waals surface area contributed by atoms with Crippen LogP contribution in [-0.4, -0.2) is 81.4 Å². The number of carbonyl (C=O) groups excluding carboxylic acids is 3. The number of ether oxygens (including phenoxy) is 4. The highest BCUT2D eigenvalue weighted by Crippen LogP contribution is 2.38. The van der Waals surface area contributed by atoms with Gasteiger partial charge in [-0.3, -0.25) is 34.6 Å². The molecular weight excluding hydrogens is 658 g/mol. The molecule has 1 aliphatic heterocycles. The fraction of sp³-hybridized carbons (Fsp3) is 0.467. The van der Waals surface area contributed by atoms with Gasteiger partial charge in [-0.25, -0.2) is 4.79 Å². The number of nitro groups is 2. The lowest BCUT2D eigenvalue weighted by Gasteiger charge is -2.14. The second-order valence-corrected chi connectivity index (χ2v) is 10.3. The van der Waals surface area contributed by atoms with Crippen molar-refractivity contribution < 1.29 is 68.1 Å². The molecular formula is C30H37N3O16. The highest BCUT2D eigenvalue weighted by Gasteiger charge is 2.32. The molecule has 19 nitrogen and oxygen atoms in total. The molecule has 0 spiro atoms. The number of carboxylic acid groups (broad SMARTS) is 1. The highest BCUT2D eigenvalue weighted by atomic mass is 16.7. The third-order valence-electron chi connectivity index (χ3n) is 6.69. The van der Waals surface area contributed by atoms with Crippen LogP contribution in [0.1, 0.15) is 75.7 Å². The summed E-state index contributed by atoms with van der Waals surface area (Å²) in [6, 6.07) is 4.97. The largest absolute Gasteiger partial charge is 0.493 e. The maximum atomic E-state index is 11.7. The number of aliphatic hydroxyl groups excluding tert-OH is 2. The van der Waals surface area contributed by atoms with E-state index in [1.165, 1.54) is 46.3 Å². The normalized spacial score (nSPS) is 13.5. The summed E-state index contributed by atoms with van der Waals surface area (Å²) >= 11 is 0. The van der Waals surface area contributed by atoms with E-state index in [-0.39, 0.29) is 97.2 Å². The lowest BCUT2D eigenvalue weighted by molar-refractivity contribution is -0.386. The van der Waals surface area contributed by atoms with Crippen molar-refractivity contribution >= 4 is 35.1 Å². The summed E-state index contributed by atoms with van der Waals surface area (Å²) in [6.45, 7) is 2.89. The van der Waals surface area contributed by atoms with Crippen LogP contribution in [0.2, 0.25) is 0 Å². The van der Waals surface area contributed by atoms with Crippen LogP contribution in [-0.2, 0) is 24.0 Å². The van der Waals surface area contributed by atoms with Gasteiger partial charge in [-0.05, 0) is 38.8 Å². The molecule has 1 fully saturated rings. The van der Waals surface area contributed by atoms with E-state index in [1.807, 2.05) is 0 Å². The molecule has 49 heavy (non-hydrogen) atoms. The first-order valence-electron chi connectivity index (χ1n) is 14.7. The zero-order valence-corrected chi connectivity index (χ0v) is 27.1. The number of carboxylic acids is 1. The van der Waals surface area contributed by atoms with Gasteiger partial charge in [0.25, 0.3) is 23.2 Å². The Kier molecular flexibility index (Phi) is 15.1. The molecule has 2 atom stereocenters. The summed E-state index contributed by atoms with van der Waals surface area (Å²) in [5.74, 6) is -2.19. The molecule has 0 bridgehead atoms. The first-order chi connectivity index (χ1) is 23.1. The Morgan fingerprint density at radius 1 is 0.776 bits per heavy atom. The van der Waals surface area contributed by atoms with Crippen molar-refractivity contribution in [3.63, 3.8) is 0 Å². The number of methoxy groups -OCH3 is 2. The molecule has 2 aromatic carbocycles. The molecule has 0 saturated carbocycles. The second-order valence-electron chi connectivity index (χ2n) is 10.3. The monoisotopic (exact) mass is 695 g/mol. The van der Waals surface area contributed by atoms with Crippen LogP contribution < -0.4 is 18.9 Å². The number of carbonyl (C=O) groups is 4. The van der Waals surface area contributed by atoms with E-state index in [0.717, 1.165) is 6.07 Å². The van der Waals surface area contributed by atoms with E-state index in [0.29, 0.717) is 5.06 Å². The molecule has 0 radical (unpaired) electrons. The smallest absolute Gasteiger partial charge is 0.333 e. The number of rotatable bonds is 17. The number of aliphatic hydroxyl groups is 2. The minimum absolute atomic E-state index is 0.00146. The van der Waals surface area contributed by atoms with E-state index in [2.05, 4.69) is 0 Å². The Bertz CT molecular complexity index is 1530. The Labute approximate surface area is 279 Å². The second kappa shape index (κ2) is 18.7. The third-order valence-corrected chi connectivity index (χ3v) is 6.69. The molecule has 268 valence electrons. The number of nitro benzene ring substituents is 2. The van der Waals surface area contributed by atoms with Crippen molar-refractivity contribution in [2.75, 3.05) is 27.4 Å². The zero-order valence-electron chi connectivity index (χ0n) is 27.1. The van der Waals surface area contributed by atoms with Gasteiger partial charge in [0.1, 0.15) is 0 Å². The number of hydroxylamine groups is 2. The Morgan fingerprint density at radius 2 is 1.18 bits per heavy atom. The molecule has 1 saturated heterocycles. The summed E-state index contributed by atoms with van der Waals surface area (Å²) in [5.41, 5.74) is -0.400. The fourth-order valence-electron chi connectivity index (χ4n) is 4.27. The van der Waals surface area contributed by atoms with Crippen LogP contribution in [0.4, 0.5) is 11.4 Å². The highest BCUT2D eigenvalue weighted by molar-refractivity contribution is 6.01. The third kappa shape index (κ3) is 11.6. The standard InChI is InChI=1S/C17H20N2O9.C13H17NO7/c1-10(20)11-8-13(26-2)14(9-12(11)19(24)25)27-7-3-4-17(23)28-18-15(21)5-6-16(18)22;1-8(15)9-6-11(20-2)12(7-10(9)14(18)19)21-5-3-4-13(16)17/h8-10,20H,3-7H2,1-2H3;6-8,15H,3-5H2,1-2H3,(H,16,17). The summed E-state index contributed by atoms with van der Waals surface area (Å²) in [6.07, 6.45) is -1.83. The SMILES string of the molecule is COc1cc(C(C)O)c([N+](=O)[O-])cc1OCCCC(=O)O.COc1cc(C(C)O)c([N+](=O)[O-])cc1OCCCC(=O)ON1C(=O)CCC1=O. The summed E-state index contributed by atoms with van der Waals surface area (Å²) in [4.78, 5) is 70.6. The Hall–Kier alpha value is -5.56. The molecule has 2 unspecified atom stereocenters. The molecule has 2 amide bonds. The molecule has 1 aliphatic rings. The first-order valence-corrected chi connectivity index (χ1v) is 14.7. The average Bonchev–Trinajstić information content (AvgIpc) is 3.36. The van der Waals surface area contributed by atoms with Crippen molar-refractivity contribution in [2.45, 2.75) is 64.6 Å². The van der Waals surface area contributed by atoms with Crippen molar-refractivity contribution in [3.05, 3.63) is 55.6 Å². The molecule has 3 rings (SSSR count). The topological polar surface area (TPSA) is 265 Å². The van der Waals surface area contributed by atoms with Crippen LogP contribution in [0.5, 0.6) is 23.0 Å². The van der Waals surface area contributed by atoms with Crippen LogP contribution >= 0.6 is 0 Å². The van der Waals surface area contributed by atoms with Gasteiger partial charge in [0, 0.05) is 19.3 Å². The number of benzene rings is 2. The summed E-state index contributed by atoms with van der Waals surface area (Å²) in [7, 11) is 2.72. The fourth-order valence-corrected chi connectivity index (χ4v) is 4.27. The maximum Gasteiger partial charge on any atom is 0.333 e. The van der Waals surface area contributed by atoms with E-state index >= 15 is 0 Å². The van der Waals surface area contributed by atoms with Crippen molar-refractivity contribution in [3.8, 4) is 23.0 Å². The van der Waals surface area contributed by atoms with E-state index in [9.17, 15) is 49.6 Å². The molecule has 2 aromatic rings. The minimum atomic E-state index is -1.07. The summed E-state index contributed by atoms with van der Waals surface area (Å²) < 4.78 is 21.0. The van der Waals surface area contributed by atoms with Gasteiger partial charge >= 0.3 is 11.9 Å². The summed E-state index contributed by atoms with van der Waals surface area (Å²) in [5, 5.41) is 50.5. The van der Waals surface area contributed by atoms with Crippen LogP contribution in [0.3, 0.4) is 0 Å². The van der Waals surface area contributed by atoms with Gasteiger partial charge in [-0.15, -0.1) is 5.06 Å². The predicted octanol–water partition coefficient (Wildman–Crippen LogP) is 3.32. The molecule has 19 heteroatoms. The van der Waals surface area contributed by atoms with E-state index in [4.69, 9.17) is 28.9 Å². The number of hydrogen-bond acceptors (Lipinski definition) is 15. The van der Waals surface area contributed by atoms with E-state index in [1.54, 1.807) is 0 Å². The Balaban J connectivity index is 0.000000355. The van der Waals surface area contributed by atoms with E-state index < -0.39 is 45.8 Å². The number of imide groups is 1. The van der Waals surface area contributed by atoms with Crippen LogP contribution in [0, 0.1) is 20.2 Å². The number of hydrogen-bond donors (Lipinski definition) is 3. The average molecular weight is 696 g/mol. The number of nitrogens with zero attached hydrogens (tertiary/aromatic N) is 3. The van der Waals surface area contributed by atoms with Crippen molar-refractivity contribution in [1.82, 2.24) is 5.06 Å². The van der Waals surface area contributed by atoms with Gasteiger partial charge in [0.2, 0.25) is 0 Å². The predicted molar refractivity (Wildman–Crippen MR) is 165 cm³/mol. The van der Waals surface area contributed by atoms with Crippen molar-refractivity contribution in [2.24, 2.45) is 0 Å². The lowest BCUT2D eigenvalue weighted by Crippen LogP contribution is -2.32. The number of amides is 2. The van der Waals surface area contributed by atoms with Gasteiger partial charge in [-0.2, -0.15) is 0 Å². The first kappa shape index (κ1) is 39.6. The minimum Gasteiger partial charge on any atom is -0.493 e. The van der Waals surface area contributed by atoms with Gasteiger partial charge in [-0.1, -0.05) is 0 Å². The van der Waals surface area contributed by atoms with Crippen molar-refractivity contribution in [1.29, 1.82) is 0 Å². The maximum absolute atomic E-state index is 11.7. The quantitative estimate of drug-likeness (QED) is 0.0927. The van der Waals surface area contributed by atoms with Crippen LogP contribution in [0.25, 0.3) is 0 Å². The molecule has 3 N–H and O–H groups in total. The molecule has 1 heterocycles.